The first-order chi connectivity index (χ1) is 15.8. The lowest BCUT2D eigenvalue weighted by Gasteiger charge is -2.40. The Hall–Kier alpha value is -2.14. The third kappa shape index (κ3) is 7.19. The zero-order valence-electron chi connectivity index (χ0n) is 22.0. The van der Waals surface area contributed by atoms with Crippen LogP contribution in [0.4, 0.5) is 18.0 Å². The molecule has 2 unspecified atom stereocenters. The van der Waals surface area contributed by atoms with E-state index in [0.717, 1.165) is 0 Å². The maximum absolute atomic E-state index is 14.3. The van der Waals surface area contributed by atoms with Crippen LogP contribution in [-0.2, 0) is 14.0 Å². The highest BCUT2D eigenvalue weighted by molar-refractivity contribution is 6.74. The standard InChI is InChI=1S/C24H37F3N2O5Si/c1-22(2,3)33-21(31)29-11-10-18(30)17(14-29)15-12-16(20(32-7)28-13-15)19(24(25,26)27)34-35(8,9)23(4,5)6/h12-13,17,19H,10-11,14H2,1-9H3. The maximum Gasteiger partial charge on any atom is 0.417 e. The molecule has 1 aromatic heterocycles. The molecule has 0 radical (unpaired) electrons. The Morgan fingerprint density at radius 3 is 2.26 bits per heavy atom. The van der Waals surface area contributed by atoms with E-state index in [9.17, 15) is 22.8 Å². The van der Waals surface area contributed by atoms with Crippen molar-refractivity contribution in [3.63, 3.8) is 0 Å². The van der Waals surface area contributed by atoms with Crippen LogP contribution in [0.3, 0.4) is 0 Å². The summed E-state index contributed by atoms with van der Waals surface area (Å²) in [5.41, 5.74) is -0.735. The zero-order valence-corrected chi connectivity index (χ0v) is 23.0. The van der Waals surface area contributed by atoms with Gasteiger partial charge in [0.15, 0.2) is 14.4 Å². The molecule has 2 rings (SSSR count). The zero-order chi connectivity index (χ0) is 27.0. The van der Waals surface area contributed by atoms with Crippen LogP contribution in [0.1, 0.15) is 71.1 Å². The van der Waals surface area contributed by atoms with Crippen molar-refractivity contribution in [3.8, 4) is 5.88 Å². The van der Waals surface area contributed by atoms with Gasteiger partial charge in [-0.1, -0.05) is 20.8 Å². The largest absolute Gasteiger partial charge is 0.481 e. The SMILES string of the molecule is COc1ncc(C2CN(C(=O)OC(C)(C)C)CCC2=O)cc1C(O[Si](C)(C)C(C)(C)C)C(F)(F)F. The highest BCUT2D eigenvalue weighted by Crippen LogP contribution is 2.47. The van der Waals surface area contributed by atoms with Gasteiger partial charge in [-0.15, -0.1) is 0 Å². The Morgan fingerprint density at radius 1 is 1.17 bits per heavy atom. The number of likely N-dealkylation sites (tertiary alicyclic amines) is 1. The Kier molecular flexibility index (Phi) is 8.38. The minimum atomic E-state index is -4.73. The van der Waals surface area contributed by atoms with Crippen molar-refractivity contribution in [2.45, 2.75) is 89.9 Å². The number of ketones is 1. The summed E-state index contributed by atoms with van der Waals surface area (Å²) in [6.45, 7) is 14.4. The number of hydrogen-bond acceptors (Lipinski definition) is 6. The number of nitrogens with zero attached hydrogens (tertiary/aromatic N) is 2. The fraction of sp³-hybridized carbons (Fsp3) is 0.708. The first-order valence-corrected chi connectivity index (χ1v) is 14.5. The van der Waals surface area contributed by atoms with Gasteiger partial charge in [0.25, 0.3) is 0 Å². The van der Waals surface area contributed by atoms with Crippen LogP contribution in [-0.4, -0.2) is 62.1 Å². The summed E-state index contributed by atoms with van der Waals surface area (Å²) < 4.78 is 59.2. The molecule has 0 saturated carbocycles. The molecule has 1 aliphatic rings. The molecular formula is C24H37F3N2O5Si. The first kappa shape index (κ1) is 29.1. The van der Waals surface area contributed by atoms with Crippen molar-refractivity contribution in [2.24, 2.45) is 0 Å². The first-order valence-electron chi connectivity index (χ1n) is 11.6. The minimum absolute atomic E-state index is 0.0129. The van der Waals surface area contributed by atoms with Gasteiger partial charge in [-0.3, -0.25) is 4.79 Å². The molecule has 11 heteroatoms. The molecule has 2 heterocycles. The van der Waals surface area contributed by atoms with Crippen molar-refractivity contribution in [2.75, 3.05) is 20.2 Å². The average molecular weight is 519 g/mol. The average Bonchev–Trinajstić information content (AvgIpc) is 2.69. The van der Waals surface area contributed by atoms with E-state index in [1.54, 1.807) is 33.9 Å². The number of carbonyl (C=O) groups is 2. The van der Waals surface area contributed by atoms with Gasteiger partial charge in [0, 0.05) is 25.7 Å². The Morgan fingerprint density at radius 2 is 1.77 bits per heavy atom. The predicted octanol–water partition coefficient (Wildman–Crippen LogP) is 6.01. The fourth-order valence-electron chi connectivity index (χ4n) is 3.43. The van der Waals surface area contributed by atoms with Crippen LogP contribution < -0.4 is 4.74 Å². The molecular weight excluding hydrogens is 481 g/mol. The molecule has 0 N–H and O–H groups in total. The number of rotatable bonds is 5. The Labute approximate surface area is 206 Å². The smallest absolute Gasteiger partial charge is 0.417 e. The summed E-state index contributed by atoms with van der Waals surface area (Å²) in [6.07, 6.45) is -6.20. The summed E-state index contributed by atoms with van der Waals surface area (Å²) in [7, 11) is -1.62. The quantitative estimate of drug-likeness (QED) is 0.445. The van der Waals surface area contributed by atoms with Crippen LogP contribution >= 0.6 is 0 Å². The molecule has 35 heavy (non-hydrogen) atoms. The summed E-state index contributed by atoms with van der Waals surface area (Å²) in [5.74, 6) is -1.24. The van der Waals surface area contributed by atoms with Crippen LogP contribution in [0.15, 0.2) is 12.3 Å². The number of alkyl halides is 3. The number of methoxy groups -OCH3 is 1. The lowest BCUT2D eigenvalue weighted by molar-refractivity contribution is -0.202. The molecule has 2 atom stereocenters. The molecule has 0 bridgehead atoms. The van der Waals surface area contributed by atoms with E-state index in [4.69, 9.17) is 13.9 Å². The monoisotopic (exact) mass is 518 g/mol. The molecule has 7 nitrogen and oxygen atoms in total. The third-order valence-corrected chi connectivity index (χ3v) is 10.8. The maximum atomic E-state index is 14.3. The van der Waals surface area contributed by atoms with Gasteiger partial charge >= 0.3 is 12.3 Å². The number of Topliss-reactive ketones (excluding diaryl/α,β-unsaturated/α-hetero) is 1. The second-order valence-corrected chi connectivity index (χ2v) is 16.1. The number of aromatic nitrogens is 1. The number of carbonyl (C=O) groups excluding carboxylic acids is 2. The van der Waals surface area contributed by atoms with Gasteiger partial charge in [-0.2, -0.15) is 13.2 Å². The molecule has 1 fully saturated rings. The van der Waals surface area contributed by atoms with E-state index in [-0.39, 0.29) is 42.3 Å². The third-order valence-electron chi connectivity index (χ3n) is 6.37. The topological polar surface area (TPSA) is 78.0 Å². The number of amides is 1. The van der Waals surface area contributed by atoms with E-state index in [1.807, 2.05) is 20.8 Å². The van der Waals surface area contributed by atoms with Crippen molar-refractivity contribution in [1.82, 2.24) is 9.88 Å². The number of halogens is 3. The van der Waals surface area contributed by atoms with Crippen LogP contribution in [0.25, 0.3) is 0 Å². The second kappa shape index (κ2) is 10.1. The van der Waals surface area contributed by atoms with E-state index in [0.29, 0.717) is 0 Å². The number of ether oxygens (including phenoxy) is 2. The van der Waals surface area contributed by atoms with E-state index in [2.05, 4.69) is 4.98 Å². The van der Waals surface area contributed by atoms with Crippen LogP contribution in [0, 0.1) is 0 Å². The molecule has 198 valence electrons. The number of piperidine rings is 1. The van der Waals surface area contributed by atoms with E-state index in [1.165, 1.54) is 24.3 Å². The molecule has 0 aromatic carbocycles. The summed E-state index contributed by atoms with van der Waals surface area (Å²) in [6, 6.07) is 1.28. The molecule has 0 spiro atoms. The second-order valence-electron chi connectivity index (χ2n) is 11.4. The minimum Gasteiger partial charge on any atom is -0.481 e. The van der Waals surface area contributed by atoms with Gasteiger partial charge in [0.1, 0.15) is 11.4 Å². The van der Waals surface area contributed by atoms with Crippen molar-refractivity contribution >= 4 is 20.2 Å². The lowest BCUT2D eigenvalue weighted by atomic mass is 9.89. The lowest BCUT2D eigenvalue weighted by Crippen LogP contribution is -2.45. The van der Waals surface area contributed by atoms with Gasteiger partial charge in [0.2, 0.25) is 5.88 Å². The molecule has 1 aliphatic heterocycles. The van der Waals surface area contributed by atoms with Crippen molar-refractivity contribution in [3.05, 3.63) is 23.4 Å². The number of pyridine rings is 1. The highest BCUT2D eigenvalue weighted by Gasteiger charge is 2.50. The van der Waals surface area contributed by atoms with Gasteiger partial charge < -0.3 is 18.8 Å². The highest BCUT2D eigenvalue weighted by atomic mass is 28.4. The van der Waals surface area contributed by atoms with E-state index < -0.39 is 43.2 Å². The van der Waals surface area contributed by atoms with Crippen LogP contribution in [0.2, 0.25) is 18.1 Å². The predicted molar refractivity (Wildman–Crippen MR) is 128 cm³/mol. The van der Waals surface area contributed by atoms with Crippen molar-refractivity contribution < 1.29 is 36.7 Å². The normalized spacial score (nSPS) is 18.9. The molecule has 1 saturated heterocycles. The molecule has 1 amide bonds. The fourth-order valence-corrected chi connectivity index (χ4v) is 4.63. The summed E-state index contributed by atoms with van der Waals surface area (Å²) in [5, 5.41) is -0.470. The van der Waals surface area contributed by atoms with Gasteiger partial charge in [0.05, 0.1) is 18.6 Å². The van der Waals surface area contributed by atoms with Crippen LogP contribution in [0.5, 0.6) is 5.88 Å². The summed E-state index contributed by atoms with van der Waals surface area (Å²) in [4.78, 5) is 30.8. The van der Waals surface area contributed by atoms with E-state index >= 15 is 0 Å². The molecule has 1 aromatic rings. The van der Waals surface area contributed by atoms with Gasteiger partial charge in [-0.05, 0) is 50.5 Å². The number of hydrogen-bond donors (Lipinski definition) is 0. The summed E-state index contributed by atoms with van der Waals surface area (Å²) >= 11 is 0. The Bertz CT molecular complexity index is 939. The van der Waals surface area contributed by atoms with Gasteiger partial charge in [-0.25, -0.2) is 9.78 Å². The van der Waals surface area contributed by atoms with Crippen molar-refractivity contribution in [1.29, 1.82) is 0 Å². The molecule has 0 aliphatic carbocycles. The Balaban J connectivity index is 2.48.